The number of hydrogen-bond donors (Lipinski definition) is 3. The molecular weight excluding hydrogens is 460 g/mol. The number of amides is 1. The van der Waals surface area contributed by atoms with Crippen LogP contribution in [0.15, 0.2) is 53.3 Å². The van der Waals surface area contributed by atoms with Gasteiger partial charge in [0.15, 0.2) is 0 Å². The number of para-hydroxylation sites is 1. The van der Waals surface area contributed by atoms with E-state index in [0.29, 0.717) is 32.7 Å². The lowest BCUT2D eigenvalue weighted by molar-refractivity contribution is 0.122. The van der Waals surface area contributed by atoms with E-state index >= 15 is 0 Å². The number of benzene rings is 2. The topological polar surface area (TPSA) is 107 Å². The van der Waals surface area contributed by atoms with E-state index < -0.39 is 6.09 Å². The number of morpholine rings is 1. The molecule has 1 unspecified atom stereocenters. The van der Waals surface area contributed by atoms with Crippen LogP contribution in [-0.2, 0) is 11.2 Å². The van der Waals surface area contributed by atoms with Crippen molar-refractivity contribution in [1.29, 1.82) is 0 Å². The number of hydrogen-bond acceptors (Lipinski definition) is 6. The smallest absolute Gasteiger partial charge is 0.407 e. The monoisotopic (exact) mass is 488 g/mol. The number of aromatic amines is 1. The second-order valence-corrected chi connectivity index (χ2v) is 9.47. The Morgan fingerprint density at radius 1 is 1.06 bits per heavy atom. The number of carboxylic acid groups (broad SMARTS) is 1. The summed E-state index contributed by atoms with van der Waals surface area (Å²) < 4.78 is 11.8. The first-order valence-electron chi connectivity index (χ1n) is 12.3. The summed E-state index contributed by atoms with van der Waals surface area (Å²) in [6.07, 6.45) is 0.614. The quantitative estimate of drug-likeness (QED) is 0.402. The third-order valence-electron chi connectivity index (χ3n) is 7.08. The molecule has 3 aromatic rings. The van der Waals surface area contributed by atoms with Crippen molar-refractivity contribution < 1.29 is 19.4 Å². The molecule has 4 heterocycles. The molecule has 3 aliphatic rings. The maximum atomic E-state index is 12.5. The maximum Gasteiger partial charge on any atom is 0.407 e. The van der Waals surface area contributed by atoms with Crippen molar-refractivity contribution in [2.75, 3.05) is 49.6 Å². The highest BCUT2D eigenvalue weighted by Gasteiger charge is 2.27. The molecule has 1 atom stereocenters. The van der Waals surface area contributed by atoms with Crippen LogP contribution in [0, 0.1) is 0 Å². The number of pyridine rings is 1. The molecule has 36 heavy (non-hydrogen) atoms. The fourth-order valence-electron chi connectivity index (χ4n) is 5.24. The molecule has 0 aliphatic carbocycles. The van der Waals surface area contributed by atoms with Crippen LogP contribution in [0.2, 0.25) is 0 Å². The number of nitrogens with zero attached hydrogens (tertiary/aromatic N) is 2. The van der Waals surface area contributed by atoms with Gasteiger partial charge < -0.3 is 34.7 Å². The second-order valence-electron chi connectivity index (χ2n) is 9.47. The molecule has 0 saturated carbocycles. The van der Waals surface area contributed by atoms with Gasteiger partial charge in [0, 0.05) is 67.2 Å². The number of ether oxygens (including phenoxy) is 2. The Kier molecular flexibility index (Phi) is 5.77. The van der Waals surface area contributed by atoms with Gasteiger partial charge in [0.1, 0.15) is 11.5 Å². The molecule has 0 spiro atoms. The number of rotatable bonds is 4. The first kappa shape index (κ1) is 22.5. The fraction of sp³-hybridized carbons (Fsp3) is 0.333. The zero-order valence-corrected chi connectivity index (χ0v) is 19.8. The lowest BCUT2D eigenvalue weighted by atomic mass is 9.96. The van der Waals surface area contributed by atoms with Crippen LogP contribution in [0.25, 0.3) is 11.3 Å². The Balaban J connectivity index is 1.25. The Morgan fingerprint density at radius 2 is 1.92 bits per heavy atom. The molecule has 9 heteroatoms. The van der Waals surface area contributed by atoms with Crippen LogP contribution in [0.4, 0.5) is 16.2 Å². The molecule has 0 radical (unpaired) electrons. The van der Waals surface area contributed by atoms with Crippen molar-refractivity contribution in [2.45, 2.75) is 18.9 Å². The molecular formula is C27H28N4O5. The van der Waals surface area contributed by atoms with Gasteiger partial charge in [-0.1, -0.05) is 12.1 Å². The van der Waals surface area contributed by atoms with Crippen molar-refractivity contribution in [3.63, 3.8) is 0 Å². The van der Waals surface area contributed by atoms with Crippen LogP contribution in [0.5, 0.6) is 11.5 Å². The van der Waals surface area contributed by atoms with Gasteiger partial charge in [0.25, 0.3) is 0 Å². The number of H-pyrrole nitrogens is 1. The van der Waals surface area contributed by atoms with Crippen molar-refractivity contribution in [2.24, 2.45) is 0 Å². The highest BCUT2D eigenvalue weighted by atomic mass is 16.5. The minimum atomic E-state index is -0.873. The molecule has 3 aliphatic heterocycles. The first-order chi connectivity index (χ1) is 17.5. The summed E-state index contributed by atoms with van der Waals surface area (Å²) in [4.78, 5) is 30.3. The Bertz CT molecular complexity index is 1360. The van der Waals surface area contributed by atoms with Gasteiger partial charge in [-0.2, -0.15) is 0 Å². The van der Waals surface area contributed by atoms with E-state index in [9.17, 15) is 14.7 Å². The Labute approximate surface area is 208 Å². The zero-order valence-electron chi connectivity index (χ0n) is 19.8. The predicted molar refractivity (Wildman–Crippen MR) is 136 cm³/mol. The summed E-state index contributed by atoms with van der Waals surface area (Å²) in [5.41, 5.74) is 5.39. The summed E-state index contributed by atoms with van der Waals surface area (Å²) in [6.45, 7) is 3.84. The minimum absolute atomic E-state index is 0.0955. The Morgan fingerprint density at radius 3 is 2.72 bits per heavy atom. The first-order valence-corrected chi connectivity index (χ1v) is 12.3. The van der Waals surface area contributed by atoms with Crippen LogP contribution in [0.3, 0.4) is 0 Å². The third kappa shape index (κ3) is 4.37. The standard InChI is InChI=1S/C27H28N4O5/c32-25-15-21(30-8-10-35-11-9-30)14-23(29-25)22-3-1-2-17-12-18-13-19(4-5-24(18)36-26(17)22)28-20-6-7-31(16-20)27(33)34/h1-5,13-15,20,28H,6-12,16H2,(H,29,32)(H,33,34). The third-order valence-corrected chi connectivity index (χ3v) is 7.08. The van der Waals surface area contributed by atoms with Gasteiger partial charge in [0.05, 0.1) is 18.9 Å². The largest absolute Gasteiger partial charge is 0.465 e. The highest BCUT2D eigenvalue weighted by Crippen LogP contribution is 2.43. The molecule has 186 valence electrons. The zero-order chi connectivity index (χ0) is 24.6. The molecule has 1 amide bonds. The van der Waals surface area contributed by atoms with Crippen molar-refractivity contribution in [3.05, 3.63) is 70.0 Å². The predicted octanol–water partition coefficient (Wildman–Crippen LogP) is 3.74. The number of nitrogens with one attached hydrogen (secondary N) is 2. The summed E-state index contributed by atoms with van der Waals surface area (Å²) in [5, 5.41) is 12.7. The number of likely N-dealkylation sites (tertiary alicyclic amines) is 1. The SMILES string of the molecule is O=C(O)N1CCC(Nc2ccc3c(c2)Cc2cccc(-c4cc(N5CCOCC5)cc(=O)[nH]4)c2O3)C1. The summed E-state index contributed by atoms with van der Waals surface area (Å²) in [7, 11) is 0. The van der Waals surface area contributed by atoms with Gasteiger partial charge in [-0.25, -0.2) is 4.79 Å². The average Bonchev–Trinajstić information content (AvgIpc) is 3.36. The lowest BCUT2D eigenvalue weighted by Gasteiger charge is -2.29. The number of fused-ring (bicyclic) bond motifs is 2. The van der Waals surface area contributed by atoms with Crippen LogP contribution in [-0.4, -0.2) is 66.5 Å². The summed E-state index contributed by atoms with van der Waals surface area (Å²) >= 11 is 0. The van der Waals surface area contributed by atoms with E-state index in [1.54, 1.807) is 6.07 Å². The average molecular weight is 489 g/mol. The van der Waals surface area contributed by atoms with Crippen LogP contribution < -0.4 is 20.5 Å². The van der Waals surface area contributed by atoms with Gasteiger partial charge in [-0.05, 0) is 42.3 Å². The van der Waals surface area contributed by atoms with Gasteiger partial charge in [-0.15, -0.1) is 0 Å². The van der Waals surface area contributed by atoms with E-state index in [0.717, 1.165) is 64.8 Å². The summed E-state index contributed by atoms with van der Waals surface area (Å²) in [6, 6.07) is 15.8. The second kappa shape index (κ2) is 9.23. The Hall–Kier alpha value is -3.98. The van der Waals surface area contributed by atoms with E-state index in [2.05, 4.69) is 21.3 Å². The van der Waals surface area contributed by atoms with Gasteiger partial charge in [-0.3, -0.25) is 4.79 Å². The molecule has 3 N–H and O–H groups in total. The van der Waals surface area contributed by atoms with Crippen LogP contribution in [0.1, 0.15) is 17.5 Å². The van der Waals surface area contributed by atoms with Crippen molar-refractivity contribution in [1.82, 2.24) is 9.88 Å². The summed E-state index contributed by atoms with van der Waals surface area (Å²) in [5.74, 6) is 1.54. The van der Waals surface area contributed by atoms with Crippen LogP contribution >= 0.6 is 0 Å². The van der Waals surface area contributed by atoms with Crippen molar-refractivity contribution in [3.8, 4) is 22.8 Å². The van der Waals surface area contributed by atoms with E-state index in [1.807, 2.05) is 36.4 Å². The number of aromatic nitrogens is 1. The molecule has 1 aromatic heterocycles. The maximum absolute atomic E-state index is 12.5. The van der Waals surface area contributed by atoms with E-state index in [-0.39, 0.29) is 11.6 Å². The lowest BCUT2D eigenvalue weighted by Crippen LogP contribution is -2.36. The number of carbonyl (C=O) groups is 1. The minimum Gasteiger partial charge on any atom is -0.465 e. The molecule has 2 aromatic carbocycles. The molecule has 2 fully saturated rings. The molecule has 9 nitrogen and oxygen atoms in total. The molecule has 2 saturated heterocycles. The normalized spacial score (nSPS) is 18.8. The molecule has 6 rings (SSSR count). The van der Waals surface area contributed by atoms with Gasteiger partial charge >= 0.3 is 6.09 Å². The fourth-order valence-corrected chi connectivity index (χ4v) is 5.24. The van der Waals surface area contributed by atoms with Crippen molar-refractivity contribution >= 4 is 17.5 Å². The number of anilines is 2. The van der Waals surface area contributed by atoms with Gasteiger partial charge in [0.2, 0.25) is 5.56 Å². The van der Waals surface area contributed by atoms with E-state index in [4.69, 9.17) is 9.47 Å². The highest BCUT2D eigenvalue weighted by molar-refractivity contribution is 5.74. The van der Waals surface area contributed by atoms with E-state index in [1.165, 1.54) is 4.90 Å². The molecule has 0 bridgehead atoms.